The van der Waals surface area contributed by atoms with Gasteiger partial charge in [-0.25, -0.2) is 9.97 Å². The van der Waals surface area contributed by atoms with Crippen molar-refractivity contribution >= 4 is 34.4 Å². The second-order valence-corrected chi connectivity index (χ2v) is 5.83. The number of rotatable bonds is 2. The average molecular weight is 360 g/mol. The molecule has 1 aromatic heterocycles. The fourth-order valence-electron chi connectivity index (χ4n) is 2.25. The van der Waals surface area contributed by atoms with Crippen LogP contribution in [-0.2, 0) is 4.79 Å². The zero-order valence-corrected chi connectivity index (χ0v) is 13.0. The summed E-state index contributed by atoms with van der Waals surface area (Å²) in [5.41, 5.74) is 0.974. The monoisotopic (exact) mass is 360 g/mol. The van der Waals surface area contributed by atoms with Crippen LogP contribution in [0.15, 0.2) is 6.20 Å². The van der Waals surface area contributed by atoms with Crippen molar-refractivity contribution in [2.75, 3.05) is 25.5 Å². The van der Waals surface area contributed by atoms with Crippen molar-refractivity contribution in [3.63, 3.8) is 0 Å². The van der Waals surface area contributed by atoms with Gasteiger partial charge in [-0.1, -0.05) is 0 Å². The van der Waals surface area contributed by atoms with E-state index in [2.05, 4.69) is 32.6 Å². The quantitative estimate of drug-likeness (QED) is 0.756. The predicted molar refractivity (Wildman–Crippen MR) is 78.4 cm³/mol. The van der Waals surface area contributed by atoms with Gasteiger partial charge in [-0.05, 0) is 35.4 Å². The lowest BCUT2D eigenvalue weighted by Gasteiger charge is -2.24. The molecule has 1 saturated heterocycles. The van der Waals surface area contributed by atoms with Gasteiger partial charge in [0.2, 0.25) is 11.9 Å². The Morgan fingerprint density at radius 2 is 2.28 bits per heavy atom. The van der Waals surface area contributed by atoms with E-state index in [0.717, 1.165) is 28.7 Å². The van der Waals surface area contributed by atoms with E-state index in [9.17, 15) is 4.79 Å². The first-order chi connectivity index (χ1) is 8.50. The first kappa shape index (κ1) is 13.5. The van der Waals surface area contributed by atoms with Crippen LogP contribution < -0.4 is 4.90 Å². The summed E-state index contributed by atoms with van der Waals surface area (Å²) in [6.07, 6.45) is 3.86. The molecule has 1 aromatic rings. The summed E-state index contributed by atoms with van der Waals surface area (Å²) in [5.74, 6) is 0.819. The molecule has 1 unspecified atom stereocenters. The van der Waals surface area contributed by atoms with E-state index in [1.165, 1.54) is 0 Å². The van der Waals surface area contributed by atoms with Crippen LogP contribution >= 0.6 is 22.6 Å². The Hall–Kier alpha value is -0.920. The molecule has 1 aliphatic heterocycles. The van der Waals surface area contributed by atoms with Crippen molar-refractivity contribution in [3.8, 4) is 0 Å². The van der Waals surface area contributed by atoms with Gasteiger partial charge in [0, 0.05) is 33.8 Å². The number of nitrogens with zero attached hydrogens (tertiary/aromatic N) is 4. The zero-order chi connectivity index (χ0) is 13.3. The molecule has 0 saturated carbocycles. The summed E-state index contributed by atoms with van der Waals surface area (Å²) < 4.78 is 1.02. The third kappa shape index (κ3) is 2.57. The van der Waals surface area contributed by atoms with Crippen molar-refractivity contribution in [1.29, 1.82) is 0 Å². The van der Waals surface area contributed by atoms with E-state index in [1.807, 2.05) is 30.1 Å². The highest BCUT2D eigenvalue weighted by molar-refractivity contribution is 14.1. The van der Waals surface area contributed by atoms with E-state index in [4.69, 9.17) is 0 Å². The maximum absolute atomic E-state index is 11.6. The summed E-state index contributed by atoms with van der Waals surface area (Å²) in [5, 5.41) is 0. The van der Waals surface area contributed by atoms with Gasteiger partial charge in [0.25, 0.3) is 0 Å². The van der Waals surface area contributed by atoms with Gasteiger partial charge in [-0.2, -0.15) is 0 Å². The molecule has 0 spiro atoms. The van der Waals surface area contributed by atoms with Gasteiger partial charge in [0.15, 0.2) is 0 Å². The van der Waals surface area contributed by atoms with Crippen LogP contribution in [0.1, 0.15) is 31.5 Å². The highest BCUT2D eigenvalue weighted by atomic mass is 127. The van der Waals surface area contributed by atoms with Gasteiger partial charge in [-0.3, -0.25) is 4.79 Å². The Morgan fingerprint density at radius 1 is 1.56 bits per heavy atom. The second-order valence-electron chi connectivity index (χ2n) is 4.67. The normalized spacial score (nSPS) is 19.1. The van der Waals surface area contributed by atoms with Gasteiger partial charge in [-0.15, -0.1) is 0 Å². The number of aromatic nitrogens is 2. The van der Waals surface area contributed by atoms with Crippen LogP contribution in [-0.4, -0.2) is 41.4 Å². The highest BCUT2D eigenvalue weighted by Gasteiger charge is 2.30. The van der Waals surface area contributed by atoms with Gasteiger partial charge in [0.1, 0.15) is 0 Å². The van der Waals surface area contributed by atoms with Crippen LogP contribution in [0, 0.1) is 3.57 Å². The molecule has 1 atom stereocenters. The molecule has 0 N–H and O–H groups in total. The molecule has 1 aliphatic rings. The molecular weight excluding hydrogens is 343 g/mol. The van der Waals surface area contributed by atoms with Crippen molar-refractivity contribution in [2.24, 2.45) is 0 Å². The molecule has 0 aromatic carbocycles. The molecule has 0 radical (unpaired) electrons. The number of halogens is 1. The van der Waals surface area contributed by atoms with Crippen LogP contribution in [0.2, 0.25) is 0 Å². The minimum atomic E-state index is 0.107. The Bertz CT molecular complexity index is 463. The second kappa shape index (κ2) is 5.38. The number of hydrogen-bond acceptors (Lipinski definition) is 4. The summed E-state index contributed by atoms with van der Waals surface area (Å²) >= 11 is 2.24. The first-order valence-corrected chi connectivity index (χ1v) is 7.05. The fraction of sp³-hybridized carbons (Fsp3) is 0.583. The molecule has 18 heavy (non-hydrogen) atoms. The number of carbonyl (C=O) groups excluding carboxylic acids is 1. The van der Waals surface area contributed by atoms with Crippen LogP contribution in [0.5, 0.6) is 0 Å². The molecule has 0 bridgehead atoms. The number of hydrogen-bond donors (Lipinski definition) is 0. The molecule has 6 heteroatoms. The van der Waals surface area contributed by atoms with Crippen molar-refractivity contribution in [3.05, 3.63) is 15.5 Å². The number of amides is 1. The molecule has 1 amide bonds. The van der Waals surface area contributed by atoms with E-state index in [-0.39, 0.29) is 11.9 Å². The van der Waals surface area contributed by atoms with Crippen molar-refractivity contribution < 1.29 is 4.79 Å². The van der Waals surface area contributed by atoms with E-state index < -0.39 is 0 Å². The summed E-state index contributed by atoms with van der Waals surface area (Å²) in [7, 11) is 3.84. The molecule has 1 fully saturated rings. The number of anilines is 1. The molecule has 5 nitrogen and oxygen atoms in total. The molecular formula is C12H17IN4O. The lowest BCUT2D eigenvalue weighted by molar-refractivity contribution is -0.129. The third-order valence-corrected chi connectivity index (χ3v) is 3.96. The Kier molecular flexibility index (Phi) is 4.04. The predicted octanol–water partition coefficient (Wildman–Crippen LogP) is 1.83. The summed E-state index contributed by atoms with van der Waals surface area (Å²) in [6, 6.07) is 0.107. The molecule has 2 rings (SSSR count). The third-order valence-electron chi connectivity index (χ3n) is 3.13. The fourth-order valence-corrected chi connectivity index (χ4v) is 2.87. The van der Waals surface area contributed by atoms with E-state index >= 15 is 0 Å². The number of likely N-dealkylation sites (tertiary alicyclic amines) is 1. The summed E-state index contributed by atoms with van der Waals surface area (Å²) in [4.78, 5) is 24.3. The molecule has 2 heterocycles. The van der Waals surface area contributed by atoms with Gasteiger partial charge < -0.3 is 9.80 Å². The van der Waals surface area contributed by atoms with E-state index in [0.29, 0.717) is 5.95 Å². The topological polar surface area (TPSA) is 49.3 Å². The van der Waals surface area contributed by atoms with Gasteiger partial charge >= 0.3 is 0 Å². The van der Waals surface area contributed by atoms with Crippen molar-refractivity contribution in [1.82, 2.24) is 14.9 Å². The maximum atomic E-state index is 11.6. The minimum Gasteiger partial charge on any atom is -0.347 e. The Morgan fingerprint density at radius 3 is 2.89 bits per heavy atom. The lowest BCUT2D eigenvalue weighted by atomic mass is 10.1. The van der Waals surface area contributed by atoms with Crippen LogP contribution in [0.3, 0.4) is 0 Å². The first-order valence-electron chi connectivity index (χ1n) is 5.97. The molecule has 98 valence electrons. The average Bonchev–Trinajstić information content (AvgIpc) is 2.78. The van der Waals surface area contributed by atoms with Gasteiger partial charge in [0.05, 0.1) is 15.3 Å². The summed E-state index contributed by atoms with van der Waals surface area (Å²) in [6.45, 7) is 2.45. The molecule has 0 aliphatic carbocycles. The Labute approximate surface area is 121 Å². The maximum Gasteiger partial charge on any atom is 0.225 e. The van der Waals surface area contributed by atoms with Crippen LogP contribution in [0.4, 0.5) is 5.95 Å². The van der Waals surface area contributed by atoms with E-state index in [1.54, 1.807) is 6.92 Å². The Balaban J connectivity index is 2.37. The SMILES string of the molecule is CC(=O)N1CCCC1c1nc(N(C)C)ncc1I. The van der Waals surface area contributed by atoms with Crippen molar-refractivity contribution in [2.45, 2.75) is 25.8 Å². The largest absolute Gasteiger partial charge is 0.347 e. The highest BCUT2D eigenvalue weighted by Crippen LogP contribution is 2.33. The van der Waals surface area contributed by atoms with Crippen LogP contribution in [0.25, 0.3) is 0 Å². The number of carbonyl (C=O) groups is 1. The smallest absolute Gasteiger partial charge is 0.225 e. The zero-order valence-electron chi connectivity index (χ0n) is 10.9. The standard InChI is InChI=1S/C12H17IN4O/c1-8(18)17-6-4-5-10(17)11-9(13)7-14-12(15-11)16(2)3/h7,10H,4-6H2,1-3H3. The minimum absolute atomic E-state index is 0.107. The lowest BCUT2D eigenvalue weighted by Crippen LogP contribution is -2.29.